The lowest BCUT2D eigenvalue weighted by atomic mass is 10.3. The second-order valence-electron chi connectivity index (χ2n) is 5.04. The van der Waals surface area contributed by atoms with E-state index in [0.29, 0.717) is 16.6 Å². The second-order valence-corrected chi connectivity index (χ2v) is 7.30. The van der Waals surface area contributed by atoms with Gasteiger partial charge in [0, 0.05) is 19.1 Å². The van der Waals surface area contributed by atoms with Gasteiger partial charge in [-0.05, 0) is 6.92 Å². The molecule has 0 unspecified atom stereocenters. The van der Waals surface area contributed by atoms with Gasteiger partial charge in [0.25, 0.3) is 5.82 Å². The Kier molecular flexibility index (Phi) is 5.03. The molecule has 0 amide bonds. The average molecular weight is 367 g/mol. The summed E-state index contributed by atoms with van der Waals surface area (Å²) in [6, 6.07) is 3.39. The lowest BCUT2D eigenvalue weighted by molar-refractivity contribution is -0.684. The molecule has 1 aromatic carbocycles. The van der Waals surface area contributed by atoms with Gasteiger partial charge in [-0.15, -0.1) is 0 Å². The van der Waals surface area contributed by atoms with Crippen molar-refractivity contribution in [3.05, 3.63) is 28.0 Å². The van der Waals surface area contributed by atoms with E-state index in [4.69, 9.17) is 23.2 Å². The third-order valence-corrected chi connectivity index (χ3v) is 5.00. The summed E-state index contributed by atoms with van der Waals surface area (Å²) >= 11 is 12.1. The lowest BCUT2D eigenvalue weighted by Crippen LogP contribution is -2.44. The van der Waals surface area contributed by atoms with Gasteiger partial charge in [0.05, 0.1) is 32.5 Å². The van der Waals surface area contributed by atoms with Crippen LogP contribution < -0.4 is 4.57 Å². The molecule has 1 heterocycles. The van der Waals surface area contributed by atoms with Crippen LogP contribution >= 0.6 is 23.2 Å². The molecular weight excluding hydrogens is 351 g/mol. The smallest absolute Gasteiger partial charge is 0.254 e. The molecule has 2 rings (SSSR count). The minimum Gasteiger partial charge on any atom is -0.748 e. The van der Waals surface area contributed by atoms with Crippen LogP contribution in [0.1, 0.15) is 12.7 Å². The Labute approximate surface area is 138 Å². The van der Waals surface area contributed by atoms with Gasteiger partial charge in [0.2, 0.25) is 0 Å². The number of rotatable bonds is 5. The Hall–Kier alpha value is -0.860. The van der Waals surface area contributed by atoms with Gasteiger partial charge in [-0.25, -0.2) is 17.6 Å². The zero-order valence-corrected chi connectivity index (χ0v) is 14.4. The van der Waals surface area contributed by atoms with Crippen molar-refractivity contribution in [2.75, 3.05) is 5.75 Å². The van der Waals surface area contributed by atoms with Gasteiger partial charge in [-0.1, -0.05) is 23.2 Å². The number of aliphatic hydroxyl groups excluding tert-OH is 1. The molecule has 1 atom stereocenters. The summed E-state index contributed by atoms with van der Waals surface area (Å²) in [7, 11) is -4.49. The summed E-state index contributed by atoms with van der Waals surface area (Å²) in [5, 5.41) is 10.6. The van der Waals surface area contributed by atoms with Crippen LogP contribution in [0.2, 0.25) is 10.0 Å². The van der Waals surface area contributed by atoms with Crippen LogP contribution in [0.4, 0.5) is 0 Å². The summed E-state index contributed by atoms with van der Waals surface area (Å²) in [5.74, 6) is -0.0299. The van der Waals surface area contributed by atoms with Crippen LogP contribution in [0.15, 0.2) is 12.1 Å². The number of fused-ring (bicyclic) bond motifs is 1. The predicted octanol–water partition coefficient (Wildman–Crippen LogP) is 1.47. The lowest BCUT2D eigenvalue weighted by Gasteiger charge is -2.12. The molecule has 2 aromatic rings. The highest BCUT2D eigenvalue weighted by molar-refractivity contribution is 7.85. The van der Waals surface area contributed by atoms with Crippen LogP contribution in [0.25, 0.3) is 11.0 Å². The van der Waals surface area contributed by atoms with Crippen molar-refractivity contribution in [2.45, 2.75) is 33.0 Å². The number of nitrogens with zero attached hydrogens (tertiary/aromatic N) is 2. The number of hydrogen-bond acceptors (Lipinski definition) is 4. The normalized spacial score (nSPS) is 13.7. The first-order valence-corrected chi connectivity index (χ1v) is 8.96. The first-order valence-electron chi connectivity index (χ1n) is 6.63. The molecule has 0 aliphatic carbocycles. The number of aryl methyl sites for hydroxylation is 1. The van der Waals surface area contributed by atoms with Gasteiger partial charge in [0.1, 0.15) is 12.6 Å². The van der Waals surface area contributed by atoms with Crippen molar-refractivity contribution in [2.24, 2.45) is 0 Å². The van der Waals surface area contributed by atoms with E-state index < -0.39 is 22.0 Å². The number of imidazole rings is 1. The number of halogens is 2. The minimum absolute atomic E-state index is 0.0191. The molecule has 0 saturated carbocycles. The van der Waals surface area contributed by atoms with Crippen molar-refractivity contribution in [1.82, 2.24) is 4.57 Å². The van der Waals surface area contributed by atoms with Crippen molar-refractivity contribution < 1.29 is 22.6 Å². The Morgan fingerprint density at radius 1 is 1.36 bits per heavy atom. The fourth-order valence-corrected chi connectivity index (χ4v) is 3.47. The van der Waals surface area contributed by atoms with Crippen molar-refractivity contribution >= 4 is 44.4 Å². The molecule has 0 saturated heterocycles. The Morgan fingerprint density at radius 2 is 1.95 bits per heavy atom. The van der Waals surface area contributed by atoms with E-state index in [2.05, 4.69) is 0 Å². The Balaban J connectivity index is 2.53. The zero-order chi connectivity index (χ0) is 16.7. The van der Waals surface area contributed by atoms with Crippen LogP contribution in [-0.4, -0.2) is 34.5 Å². The number of hydrogen-bond donors (Lipinski definition) is 1. The largest absolute Gasteiger partial charge is 0.748 e. The Morgan fingerprint density at radius 3 is 2.50 bits per heavy atom. The van der Waals surface area contributed by atoms with Crippen LogP contribution in [0, 0.1) is 6.92 Å². The van der Waals surface area contributed by atoms with Gasteiger partial charge in [-0.2, -0.15) is 0 Å². The molecule has 0 spiro atoms. The van der Waals surface area contributed by atoms with E-state index in [0.717, 1.165) is 16.9 Å². The molecule has 122 valence electrons. The maximum Gasteiger partial charge on any atom is 0.254 e. The molecule has 9 heteroatoms. The highest BCUT2D eigenvalue weighted by atomic mass is 35.5. The maximum absolute atomic E-state index is 10.8. The number of benzene rings is 1. The van der Waals surface area contributed by atoms with E-state index in [1.807, 2.05) is 18.4 Å². The maximum atomic E-state index is 10.8. The predicted molar refractivity (Wildman–Crippen MR) is 83.1 cm³/mol. The first-order chi connectivity index (χ1) is 10.1. The zero-order valence-electron chi connectivity index (χ0n) is 12.1. The average Bonchev–Trinajstić information content (AvgIpc) is 2.61. The molecule has 0 fully saturated rings. The number of aliphatic hydroxyl groups is 1. The van der Waals surface area contributed by atoms with Gasteiger partial charge in [-0.3, -0.25) is 0 Å². The summed E-state index contributed by atoms with van der Waals surface area (Å²) in [5.41, 5.74) is 1.54. The molecule has 0 aliphatic rings. The fourth-order valence-electron chi connectivity index (χ4n) is 2.58. The third-order valence-electron chi connectivity index (χ3n) is 3.49. The molecule has 0 bridgehead atoms. The summed E-state index contributed by atoms with van der Waals surface area (Å²) in [6.07, 6.45) is -1.29. The topological polar surface area (TPSA) is 86.2 Å². The SMILES string of the molecule is CCn1c(C)[n+](C[C@@H](O)CS(=O)(=O)[O-])c2cc(Cl)c(Cl)cc21. The molecule has 22 heavy (non-hydrogen) atoms. The molecule has 1 aromatic heterocycles. The quantitative estimate of drug-likeness (QED) is 0.641. The van der Waals surface area contributed by atoms with Crippen molar-refractivity contribution in [3.63, 3.8) is 0 Å². The summed E-state index contributed by atoms with van der Waals surface area (Å²) in [6.45, 7) is 4.44. The van der Waals surface area contributed by atoms with Gasteiger partial charge >= 0.3 is 0 Å². The summed E-state index contributed by atoms with van der Waals surface area (Å²) in [4.78, 5) is 0. The molecule has 0 aliphatic heterocycles. The second kappa shape index (κ2) is 6.33. The molecule has 6 nitrogen and oxygen atoms in total. The highest BCUT2D eigenvalue weighted by Crippen LogP contribution is 2.27. The van der Waals surface area contributed by atoms with E-state index in [1.165, 1.54) is 0 Å². The van der Waals surface area contributed by atoms with Crippen LogP contribution in [0.3, 0.4) is 0 Å². The fraction of sp³-hybridized carbons (Fsp3) is 0.462. The van der Waals surface area contributed by atoms with Crippen molar-refractivity contribution in [1.29, 1.82) is 0 Å². The Bertz CT molecular complexity index is 817. The van der Waals surface area contributed by atoms with Gasteiger partial charge < -0.3 is 9.66 Å². The first kappa shape index (κ1) is 17.5. The molecule has 0 radical (unpaired) electrons. The highest BCUT2D eigenvalue weighted by Gasteiger charge is 2.24. The monoisotopic (exact) mass is 366 g/mol. The van der Waals surface area contributed by atoms with E-state index in [1.54, 1.807) is 16.7 Å². The summed E-state index contributed by atoms with van der Waals surface area (Å²) < 4.78 is 36.0. The van der Waals surface area contributed by atoms with Crippen LogP contribution in [-0.2, 0) is 23.2 Å². The molecular formula is C13H16Cl2N2O4S. The molecule has 1 N–H and O–H groups in total. The van der Waals surface area contributed by atoms with E-state index in [9.17, 15) is 18.1 Å². The standard InChI is InChI=1S/C13H16Cl2N2O4S/c1-3-16-8(2)17(6-9(18)7-22(19,20)21)13-5-11(15)10(14)4-12(13)16/h4-5,9,18H,3,6-7H2,1-2H3/t9-/m1/s1. The number of aromatic nitrogens is 2. The van der Waals surface area contributed by atoms with Crippen molar-refractivity contribution in [3.8, 4) is 0 Å². The van der Waals surface area contributed by atoms with Crippen LogP contribution in [0.5, 0.6) is 0 Å². The van der Waals surface area contributed by atoms with E-state index >= 15 is 0 Å². The van der Waals surface area contributed by atoms with E-state index in [-0.39, 0.29) is 6.54 Å². The van der Waals surface area contributed by atoms with Gasteiger partial charge in [0.15, 0.2) is 11.0 Å². The minimum atomic E-state index is -4.49. The third kappa shape index (κ3) is 3.55.